The summed E-state index contributed by atoms with van der Waals surface area (Å²) in [6.07, 6.45) is 2.08. The quantitative estimate of drug-likeness (QED) is 0.277. The Balaban J connectivity index is 1.87. The van der Waals surface area contributed by atoms with E-state index in [1.807, 2.05) is 18.2 Å². The number of rotatable bonds is 6. The minimum absolute atomic E-state index is 0.0114. The van der Waals surface area contributed by atoms with Gasteiger partial charge in [0, 0.05) is 31.6 Å². The van der Waals surface area contributed by atoms with Gasteiger partial charge in [-0.25, -0.2) is 5.01 Å². The smallest absolute Gasteiger partial charge is 0.163 e. The van der Waals surface area contributed by atoms with Gasteiger partial charge < -0.3 is 4.74 Å². The summed E-state index contributed by atoms with van der Waals surface area (Å²) >= 11 is 0. The van der Waals surface area contributed by atoms with Crippen molar-refractivity contribution in [2.75, 3.05) is 13.2 Å². The molecular weight excluding hydrogens is 268 g/mol. The number of hydrogen-bond donors (Lipinski definition) is 2. The number of ketones is 1. The normalized spacial score (nSPS) is 15.4. The van der Waals surface area contributed by atoms with Crippen LogP contribution in [0.1, 0.15) is 36.0 Å². The highest BCUT2D eigenvalue weighted by molar-refractivity contribution is 5.98. The molecule has 112 valence electrons. The molecule has 2 rings (SSSR count). The summed E-state index contributed by atoms with van der Waals surface area (Å²) in [4.78, 5) is 12.0. The molecule has 21 heavy (non-hydrogen) atoms. The zero-order valence-electron chi connectivity index (χ0n) is 11.9. The van der Waals surface area contributed by atoms with Crippen LogP contribution in [0.5, 0.6) is 0 Å². The van der Waals surface area contributed by atoms with Crippen LogP contribution in [0.4, 0.5) is 0 Å². The summed E-state index contributed by atoms with van der Waals surface area (Å²) in [5.41, 5.74) is 7.92. The molecule has 2 N–H and O–H groups in total. The Hall–Kier alpha value is -2.08. The van der Waals surface area contributed by atoms with Gasteiger partial charge in [0.25, 0.3) is 0 Å². The monoisotopic (exact) mass is 288 g/mol. The number of benzene rings is 1. The topological polar surface area (TPSA) is 89.6 Å². The molecule has 0 radical (unpaired) electrons. The van der Waals surface area contributed by atoms with Crippen molar-refractivity contribution in [2.45, 2.75) is 31.7 Å². The van der Waals surface area contributed by atoms with Crippen LogP contribution < -0.4 is 0 Å². The maximum absolute atomic E-state index is 12.0. The zero-order chi connectivity index (χ0) is 15.1. The molecule has 1 fully saturated rings. The average molecular weight is 288 g/mol. The Morgan fingerprint density at radius 3 is 2.52 bits per heavy atom. The molecule has 0 aliphatic carbocycles. The molecule has 0 unspecified atom stereocenters. The van der Waals surface area contributed by atoms with E-state index in [4.69, 9.17) is 15.7 Å². The number of hydrogen-bond acceptors (Lipinski definition) is 5. The van der Waals surface area contributed by atoms with Crippen molar-refractivity contribution in [1.29, 1.82) is 10.9 Å². The average Bonchev–Trinajstić information content (AvgIpc) is 2.55. The Morgan fingerprint density at radius 2 is 1.90 bits per heavy atom. The number of ether oxygens (including phenoxy) is 1. The van der Waals surface area contributed by atoms with Gasteiger partial charge in [0.05, 0.1) is 6.04 Å². The lowest BCUT2D eigenvalue weighted by molar-refractivity contribution is 0.0522. The van der Waals surface area contributed by atoms with E-state index in [9.17, 15) is 4.79 Å². The molecule has 1 aliphatic heterocycles. The fourth-order valence-electron chi connectivity index (χ4n) is 2.41. The second kappa shape index (κ2) is 7.64. The molecule has 0 bridgehead atoms. The van der Waals surface area contributed by atoms with Crippen LogP contribution in [-0.4, -0.2) is 35.9 Å². The first-order valence-corrected chi connectivity index (χ1v) is 7.12. The van der Waals surface area contributed by atoms with E-state index in [-0.39, 0.29) is 24.1 Å². The summed E-state index contributed by atoms with van der Waals surface area (Å²) in [7, 11) is 0. The van der Waals surface area contributed by atoms with Crippen molar-refractivity contribution in [3.63, 3.8) is 0 Å². The van der Waals surface area contributed by atoms with Gasteiger partial charge in [-0.2, -0.15) is 5.53 Å². The highest BCUT2D eigenvalue weighted by Gasteiger charge is 2.24. The summed E-state index contributed by atoms with van der Waals surface area (Å²) in [6.45, 7) is 1.26. The van der Waals surface area contributed by atoms with Gasteiger partial charge in [-0.1, -0.05) is 35.6 Å². The van der Waals surface area contributed by atoms with Crippen LogP contribution in [0.2, 0.25) is 0 Å². The van der Waals surface area contributed by atoms with E-state index < -0.39 is 0 Å². The highest BCUT2D eigenvalue weighted by Crippen LogP contribution is 2.17. The van der Waals surface area contributed by atoms with Crippen LogP contribution in [0.3, 0.4) is 0 Å². The lowest BCUT2D eigenvalue weighted by Gasteiger charge is -2.30. The molecule has 0 spiro atoms. The van der Waals surface area contributed by atoms with Crippen LogP contribution in [-0.2, 0) is 4.74 Å². The third-order valence-corrected chi connectivity index (χ3v) is 3.61. The summed E-state index contributed by atoms with van der Waals surface area (Å²) in [5.74, 6) is 0.235. The number of nitrogens with one attached hydrogen (secondary N) is 2. The number of Topliss-reactive ketones (excluding diaryl/α,β-unsaturated/α-hetero) is 1. The van der Waals surface area contributed by atoms with E-state index in [1.54, 1.807) is 12.1 Å². The first kappa shape index (κ1) is 15.3. The predicted octanol–water partition coefficient (Wildman–Crippen LogP) is 3.05. The van der Waals surface area contributed by atoms with E-state index in [1.165, 1.54) is 5.01 Å². The first-order valence-electron chi connectivity index (χ1n) is 7.12. The van der Waals surface area contributed by atoms with Crippen molar-refractivity contribution in [1.82, 2.24) is 5.01 Å². The van der Waals surface area contributed by atoms with Crippen molar-refractivity contribution in [2.24, 2.45) is 5.22 Å². The molecule has 1 aliphatic rings. The van der Waals surface area contributed by atoms with E-state index in [0.717, 1.165) is 12.8 Å². The van der Waals surface area contributed by atoms with E-state index >= 15 is 0 Å². The molecule has 0 saturated carbocycles. The Kier molecular flexibility index (Phi) is 5.57. The Morgan fingerprint density at radius 1 is 1.24 bits per heavy atom. The molecule has 6 nitrogen and oxygen atoms in total. The van der Waals surface area contributed by atoms with Gasteiger partial charge in [0.1, 0.15) is 5.84 Å². The zero-order valence-corrected chi connectivity index (χ0v) is 11.9. The maximum atomic E-state index is 12.0. The lowest BCUT2D eigenvalue weighted by atomic mass is 10.0. The van der Waals surface area contributed by atoms with Crippen LogP contribution in [0.15, 0.2) is 35.6 Å². The number of carbonyl (C=O) groups is 1. The largest absolute Gasteiger partial charge is 0.381 e. The summed E-state index contributed by atoms with van der Waals surface area (Å²) < 4.78 is 5.28. The standard InChI is InChI=1S/C15H20N4O2/c16-15(19(18-17)13-8-10-21-11-9-13)7-6-14(20)12-4-2-1-3-5-12/h1-5,13,16-17H,6-11H2. The van der Waals surface area contributed by atoms with Crippen molar-refractivity contribution in [3.05, 3.63) is 35.9 Å². The molecule has 0 aromatic heterocycles. The third-order valence-electron chi connectivity index (χ3n) is 3.61. The fraction of sp³-hybridized carbons (Fsp3) is 0.467. The van der Waals surface area contributed by atoms with Gasteiger partial charge in [-0.05, 0) is 12.8 Å². The van der Waals surface area contributed by atoms with Crippen molar-refractivity contribution in [3.8, 4) is 0 Å². The second-order valence-corrected chi connectivity index (χ2v) is 5.02. The van der Waals surface area contributed by atoms with Gasteiger partial charge in [0.2, 0.25) is 0 Å². The van der Waals surface area contributed by atoms with E-state index in [0.29, 0.717) is 25.2 Å². The summed E-state index contributed by atoms with van der Waals surface area (Å²) in [5, 5.41) is 12.9. The third kappa shape index (κ3) is 4.19. The van der Waals surface area contributed by atoms with Crippen LogP contribution in [0, 0.1) is 10.9 Å². The highest BCUT2D eigenvalue weighted by atomic mass is 16.5. The van der Waals surface area contributed by atoms with Crippen LogP contribution >= 0.6 is 0 Å². The fourth-order valence-corrected chi connectivity index (χ4v) is 2.41. The molecule has 0 amide bonds. The van der Waals surface area contributed by atoms with Crippen molar-refractivity contribution >= 4 is 11.6 Å². The molecule has 1 aromatic rings. The molecular formula is C15H20N4O2. The van der Waals surface area contributed by atoms with Crippen molar-refractivity contribution < 1.29 is 9.53 Å². The van der Waals surface area contributed by atoms with Gasteiger partial charge in [-0.3, -0.25) is 10.2 Å². The predicted molar refractivity (Wildman–Crippen MR) is 78.6 cm³/mol. The van der Waals surface area contributed by atoms with Gasteiger partial charge in [-0.15, -0.1) is 0 Å². The lowest BCUT2D eigenvalue weighted by Crippen LogP contribution is -2.39. The first-order chi connectivity index (χ1) is 10.2. The molecule has 1 heterocycles. The number of nitrogens with zero attached hydrogens (tertiary/aromatic N) is 2. The van der Waals surface area contributed by atoms with Gasteiger partial charge in [0.15, 0.2) is 5.78 Å². The Bertz CT molecular complexity index is 498. The minimum atomic E-state index is 0.0114. The second-order valence-electron chi connectivity index (χ2n) is 5.02. The SMILES string of the molecule is N=NN(C(=N)CCC(=O)c1ccccc1)C1CCOCC1. The molecule has 6 heteroatoms. The van der Waals surface area contributed by atoms with Crippen LogP contribution in [0.25, 0.3) is 0 Å². The number of carbonyl (C=O) groups excluding carboxylic acids is 1. The Labute approximate surface area is 124 Å². The van der Waals surface area contributed by atoms with E-state index in [2.05, 4.69) is 5.22 Å². The molecule has 1 saturated heterocycles. The summed E-state index contributed by atoms with van der Waals surface area (Å²) in [6, 6.07) is 9.10. The maximum Gasteiger partial charge on any atom is 0.163 e. The molecule has 1 aromatic carbocycles. The minimum Gasteiger partial charge on any atom is -0.381 e. The molecule has 0 atom stereocenters. The number of amidine groups is 1. The van der Waals surface area contributed by atoms with Gasteiger partial charge >= 0.3 is 0 Å².